The van der Waals surface area contributed by atoms with Crippen LogP contribution in [0.5, 0.6) is 5.75 Å². The van der Waals surface area contributed by atoms with Crippen LogP contribution in [0.3, 0.4) is 0 Å². The number of phenolic OH excluding ortho intramolecular Hbond substituents is 1. The van der Waals surface area contributed by atoms with E-state index in [4.69, 9.17) is 0 Å². The maximum Gasteiger partial charge on any atom is 0.325 e. The number of rotatable bonds is 2. The fourth-order valence-corrected chi connectivity index (χ4v) is 1.80. The van der Waals surface area contributed by atoms with E-state index in [1.54, 1.807) is 38.1 Å². The zero-order valence-electron chi connectivity index (χ0n) is 9.73. The van der Waals surface area contributed by atoms with Gasteiger partial charge in [0, 0.05) is 6.54 Å². The van der Waals surface area contributed by atoms with Gasteiger partial charge in [0.05, 0.1) is 0 Å². The second kappa shape index (κ2) is 3.76. The molecule has 1 aliphatic rings. The van der Waals surface area contributed by atoms with Gasteiger partial charge in [0.1, 0.15) is 11.3 Å². The summed E-state index contributed by atoms with van der Waals surface area (Å²) in [6.45, 7) is 3.67. The first-order valence-electron chi connectivity index (χ1n) is 5.32. The number of nitrogens with zero attached hydrogens (tertiary/aromatic N) is 1. The molecule has 5 heteroatoms. The van der Waals surface area contributed by atoms with Gasteiger partial charge in [-0.15, -0.1) is 0 Å². The molecule has 1 aliphatic heterocycles. The summed E-state index contributed by atoms with van der Waals surface area (Å²) in [5.41, 5.74) is -0.0781. The third-order valence-corrected chi connectivity index (χ3v) is 2.95. The number of imide groups is 1. The monoisotopic (exact) mass is 234 g/mol. The van der Waals surface area contributed by atoms with Crippen LogP contribution in [-0.2, 0) is 11.3 Å². The minimum Gasteiger partial charge on any atom is -0.508 e. The van der Waals surface area contributed by atoms with E-state index >= 15 is 0 Å². The Balaban J connectivity index is 2.24. The quantitative estimate of drug-likeness (QED) is 0.756. The van der Waals surface area contributed by atoms with E-state index in [1.165, 1.54) is 4.90 Å². The average molecular weight is 234 g/mol. The molecular weight excluding hydrogens is 220 g/mol. The molecule has 1 heterocycles. The van der Waals surface area contributed by atoms with Gasteiger partial charge in [-0.05, 0) is 31.5 Å². The normalized spacial score (nSPS) is 18.4. The second-order valence-electron chi connectivity index (χ2n) is 4.57. The number of hydrogen-bond acceptors (Lipinski definition) is 3. The first kappa shape index (κ1) is 11.4. The first-order chi connectivity index (χ1) is 7.91. The summed E-state index contributed by atoms with van der Waals surface area (Å²) in [6, 6.07) is 6.23. The van der Waals surface area contributed by atoms with Crippen LogP contribution in [0, 0.1) is 0 Å². The van der Waals surface area contributed by atoms with Crippen molar-refractivity contribution < 1.29 is 14.7 Å². The Hall–Kier alpha value is -2.04. The van der Waals surface area contributed by atoms with E-state index < -0.39 is 11.6 Å². The third kappa shape index (κ3) is 1.95. The summed E-state index contributed by atoms with van der Waals surface area (Å²) >= 11 is 0. The molecule has 3 amide bonds. The highest BCUT2D eigenvalue weighted by Gasteiger charge is 2.45. The molecule has 0 unspecified atom stereocenters. The summed E-state index contributed by atoms with van der Waals surface area (Å²) in [7, 11) is 0. The molecule has 2 rings (SSSR count). The SMILES string of the molecule is CC1(C)C(=O)NC(=O)N1Cc1cccc(O)c1. The van der Waals surface area contributed by atoms with Crippen molar-refractivity contribution in [2.45, 2.75) is 25.9 Å². The highest BCUT2D eigenvalue weighted by atomic mass is 16.3. The van der Waals surface area contributed by atoms with E-state index in [0.717, 1.165) is 5.56 Å². The van der Waals surface area contributed by atoms with Crippen molar-refractivity contribution in [3.05, 3.63) is 29.8 Å². The van der Waals surface area contributed by atoms with E-state index in [-0.39, 0.29) is 11.7 Å². The summed E-state index contributed by atoms with van der Waals surface area (Å²) < 4.78 is 0. The minimum absolute atomic E-state index is 0.145. The Kier molecular flexibility index (Phi) is 2.53. The largest absolute Gasteiger partial charge is 0.508 e. The number of hydrogen-bond donors (Lipinski definition) is 2. The Labute approximate surface area is 99.0 Å². The van der Waals surface area contributed by atoms with Crippen LogP contribution >= 0.6 is 0 Å². The number of carbonyl (C=O) groups excluding carboxylic acids is 2. The molecule has 0 saturated carbocycles. The Bertz CT molecular complexity index is 482. The molecule has 1 aromatic rings. The van der Waals surface area contributed by atoms with E-state index in [9.17, 15) is 14.7 Å². The van der Waals surface area contributed by atoms with Gasteiger partial charge in [-0.3, -0.25) is 10.1 Å². The second-order valence-corrected chi connectivity index (χ2v) is 4.57. The third-order valence-electron chi connectivity index (χ3n) is 2.95. The highest BCUT2D eigenvalue weighted by molar-refractivity contribution is 6.06. The van der Waals surface area contributed by atoms with Crippen molar-refractivity contribution in [1.29, 1.82) is 0 Å². The molecule has 0 spiro atoms. The average Bonchev–Trinajstić information content (AvgIpc) is 2.42. The van der Waals surface area contributed by atoms with Gasteiger partial charge in [0.15, 0.2) is 0 Å². The molecule has 1 saturated heterocycles. The molecule has 5 nitrogen and oxygen atoms in total. The van der Waals surface area contributed by atoms with Gasteiger partial charge in [0.2, 0.25) is 0 Å². The van der Waals surface area contributed by atoms with Crippen LogP contribution in [0.1, 0.15) is 19.4 Å². The predicted molar refractivity (Wildman–Crippen MR) is 61.3 cm³/mol. The van der Waals surface area contributed by atoms with Crippen LogP contribution < -0.4 is 5.32 Å². The molecule has 90 valence electrons. The highest BCUT2D eigenvalue weighted by Crippen LogP contribution is 2.24. The van der Waals surface area contributed by atoms with Crippen LogP contribution in [0.4, 0.5) is 4.79 Å². The number of aromatic hydroxyl groups is 1. The standard InChI is InChI=1S/C12H14N2O3/c1-12(2)10(16)13-11(17)14(12)7-8-4-3-5-9(15)6-8/h3-6,15H,7H2,1-2H3,(H,13,16,17). The van der Waals surface area contributed by atoms with Gasteiger partial charge >= 0.3 is 6.03 Å². The van der Waals surface area contributed by atoms with Gasteiger partial charge < -0.3 is 10.0 Å². The molecule has 0 aromatic heterocycles. The van der Waals surface area contributed by atoms with Crippen LogP contribution in [-0.4, -0.2) is 27.5 Å². The predicted octanol–water partition coefficient (Wildman–Crippen LogP) is 1.22. The topological polar surface area (TPSA) is 69.6 Å². The lowest BCUT2D eigenvalue weighted by atomic mass is 10.0. The molecule has 0 radical (unpaired) electrons. The molecular formula is C12H14N2O3. The summed E-state index contributed by atoms with van der Waals surface area (Å²) in [5, 5.41) is 11.6. The number of amides is 3. The molecule has 17 heavy (non-hydrogen) atoms. The first-order valence-corrected chi connectivity index (χ1v) is 5.32. The van der Waals surface area contributed by atoms with E-state index in [0.29, 0.717) is 6.54 Å². The zero-order valence-corrected chi connectivity index (χ0v) is 9.73. The van der Waals surface area contributed by atoms with Gasteiger partial charge in [-0.2, -0.15) is 0 Å². The zero-order chi connectivity index (χ0) is 12.6. The molecule has 2 N–H and O–H groups in total. The molecule has 1 aromatic carbocycles. The molecule has 0 aliphatic carbocycles. The maximum absolute atomic E-state index is 11.6. The molecule has 0 bridgehead atoms. The lowest BCUT2D eigenvalue weighted by molar-refractivity contribution is -0.125. The van der Waals surface area contributed by atoms with Crippen LogP contribution in [0.25, 0.3) is 0 Å². The molecule has 1 fully saturated rings. The summed E-state index contributed by atoms with van der Waals surface area (Å²) in [5.74, 6) is -0.158. The summed E-state index contributed by atoms with van der Waals surface area (Å²) in [4.78, 5) is 24.6. The van der Waals surface area contributed by atoms with Crippen molar-refractivity contribution >= 4 is 11.9 Å². The number of nitrogens with one attached hydrogen (secondary N) is 1. The minimum atomic E-state index is -0.859. The number of benzene rings is 1. The fourth-order valence-electron chi connectivity index (χ4n) is 1.80. The Morgan fingerprint density at radius 1 is 1.35 bits per heavy atom. The number of carbonyl (C=O) groups is 2. The van der Waals surface area contributed by atoms with Crippen molar-refractivity contribution in [3.63, 3.8) is 0 Å². The smallest absolute Gasteiger partial charge is 0.325 e. The Morgan fingerprint density at radius 2 is 2.06 bits per heavy atom. The van der Waals surface area contributed by atoms with Gasteiger partial charge in [0.25, 0.3) is 5.91 Å². The lowest BCUT2D eigenvalue weighted by Gasteiger charge is -2.27. The van der Waals surface area contributed by atoms with Crippen molar-refractivity contribution in [2.75, 3.05) is 0 Å². The van der Waals surface area contributed by atoms with Crippen LogP contribution in [0.15, 0.2) is 24.3 Å². The van der Waals surface area contributed by atoms with Crippen molar-refractivity contribution in [3.8, 4) is 5.75 Å². The number of phenols is 1. The van der Waals surface area contributed by atoms with Crippen molar-refractivity contribution in [2.24, 2.45) is 0 Å². The lowest BCUT2D eigenvalue weighted by Crippen LogP contribution is -2.43. The summed E-state index contributed by atoms with van der Waals surface area (Å²) in [6.07, 6.45) is 0. The number of urea groups is 1. The van der Waals surface area contributed by atoms with E-state index in [1.807, 2.05) is 0 Å². The maximum atomic E-state index is 11.6. The molecule has 0 atom stereocenters. The van der Waals surface area contributed by atoms with Gasteiger partial charge in [-0.25, -0.2) is 4.79 Å². The van der Waals surface area contributed by atoms with E-state index in [2.05, 4.69) is 5.32 Å². The Morgan fingerprint density at radius 3 is 2.59 bits per heavy atom. The van der Waals surface area contributed by atoms with Gasteiger partial charge in [-0.1, -0.05) is 12.1 Å². The fraction of sp³-hybridized carbons (Fsp3) is 0.333. The van der Waals surface area contributed by atoms with Crippen LogP contribution in [0.2, 0.25) is 0 Å². The van der Waals surface area contributed by atoms with Crippen molar-refractivity contribution in [1.82, 2.24) is 10.2 Å².